The average molecular weight is 619 g/mol. The standard InChI is InChI=1S/C39H46N4OS/c40-32-11-9-28(27-6-2-1-3-7-27)24-33(32)43-36(44)35-25-29-8-10-31(26-34(29)45-35)39(20-18-38(19-21-39)15-5-23-42-38)30-12-16-37(17-13-30)14-4-22-41-37/h1-3,6-11,24-26,30,41-42H,4-5,12-23,40H2,(H,43,44). The minimum Gasteiger partial charge on any atom is -0.397 e. The molecule has 4 aromatic rings. The second kappa shape index (κ2) is 11.6. The lowest BCUT2D eigenvalue weighted by atomic mass is 9.54. The average Bonchev–Trinajstić information content (AvgIpc) is 3.84. The number of benzene rings is 3. The van der Waals surface area contributed by atoms with E-state index in [0.717, 1.165) is 27.3 Å². The number of hydrogen-bond donors (Lipinski definition) is 4. The van der Waals surface area contributed by atoms with Gasteiger partial charge in [0.15, 0.2) is 0 Å². The summed E-state index contributed by atoms with van der Waals surface area (Å²) in [7, 11) is 0. The van der Waals surface area contributed by atoms with Crippen molar-refractivity contribution in [1.29, 1.82) is 0 Å². The molecule has 3 heterocycles. The predicted molar refractivity (Wildman–Crippen MR) is 188 cm³/mol. The third-order valence-electron chi connectivity index (χ3n) is 12.2. The molecule has 6 heteroatoms. The Hall–Kier alpha value is -3.19. The Balaban J connectivity index is 1.07. The molecular formula is C39H46N4OS. The largest absolute Gasteiger partial charge is 0.397 e. The first-order valence-corrected chi connectivity index (χ1v) is 18.1. The molecule has 4 fully saturated rings. The van der Waals surface area contributed by atoms with E-state index in [0.29, 0.717) is 22.5 Å². The minimum atomic E-state index is -0.0991. The molecule has 1 aromatic heterocycles. The van der Waals surface area contributed by atoms with Crippen molar-refractivity contribution < 1.29 is 4.79 Å². The van der Waals surface area contributed by atoms with Crippen LogP contribution in [0.3, 0.4) is 0 Å². The maximum atomic E-state index is 13.6. The maximum absolute atomic E-state index is 13.6. The molecule has 1 amide bonds. The van der Waals surface area contributed by atoms with E-state index in [-0.39, 0.29) is 11.3 Å². The summed E-state index contributed by atoms with van der Waals surface area (Å²) in [5.74, 6) is 0.627. The SMILES string of the molecule is Nc1ccc(-c2ccccc2)cc1NC(=O)c1cc2ccc(C3(C4CCC5(CCCN5)CC4)CCC4(CCCN4)CC3)cc2s1. The van der Waals surface area contributed by atoms with Crippen LogP contribution in [0.25, 0.3) is 21.2 Å². The minimum absolute atomic E-state index is 0.0991. The molecule has 0 atom stereocenters. The molecule has 3 aromatic carbocycles. The number of carbonyl (C=O) groups is 1. The fourth-order valence-electron chi connectivity index (χ4n) is 9.53. The van der Waals surface area contributed by atoms with Crippen LogP contribution in [-0.4, -0.2) is 30.1 Å². The van der Waals surface area contributed by atoms with E-state index in [1.165, 1.54) is 100 Å². The molecule has 0 bridgehead atoms. The molecule has 234 valence electrons. The van der Waals surface area contributed by atoms with Gasteiger partial charge in [-0.3, -0.25) is 4.79 Å². The summed E-state index contributed by atoms with van der Waals surface area (Å²) < 4.78 is 1.21. The van der Waals surface area contributed by atoms with Gasteiger partial charge >= 0.3 is 0 Å². The van der Waals surface area contributed by atoms with Crippen molar-refractivity contribution in [2.75, 3.05) is 24.1 Å². The van der Waals surface area contributed by atoms with Gasteiger partial charge < -0.3 is 21.7 Å². The summed E-state index contributed by atoms with van der Waals surface area (Å²) in [5.41, 5.74) is 12.2. The van der Waals surface area contributed by atoms with Crippen molar-refractivity contribution in [2.24, 2.45) is 5.92 Å². The Bertz CT molecular complexity index is 1680. The zero-order chi connectivity index (χ0) is 30.5. The number of carbonyl (C=O) groups excluding carboxylic acids is 1. The molecule has 2 spiro atoms. The second-order valence-corrected chi connectivity index (χ2v) is 15.6. The Morgan fingerprint density at radius 1 is 0.756 bits per heavy atom. The van der Waals surface area contributed by atoms with Crippen molar-refractivity contribution in [3.05, 3.63) is 83.2 Å². The molecule has 45 heavy (non-hydrogen) atoms. The maximum Gasteiger partial charge on any atom is 0.265 e. The quantitative estimate of drug-likeness (QED) is 0.169. The third-order valence-corrected chi connectivity index (χ3v) is 13.3. The molecule has 0 radical (unpaired) electrons. The van der Waals surface area contributed by atoms with Crippen molar-refractivity contribution >= 4 is 38.7 Å². The van der Waals surface area contributed by atoms with Gasteiger partial charge in [0.2, 0.25) is 0 Å². The summed E-state index contributed by atoms with van der Waals surface area (Å²) in [6, 6.07) is 25.3. The highest BCUT2D eigenvalue weighted by atomic mass is 32.1. The lowest BCUT2D eigenvalue weighted by Gasteiger charge is -2.52. The highest BCUT2D eigenvalue weighted by Gasteiger charge is 2.50. The first kappa shape index (κ1) is 29.2. The number of fused-ring (bicyclic) bond motifs is 1. The number of nitrogen functional groups attached to an aromatic ring is 1. The summed E-state index contributed by atoms with van der Waals surface area (Å²) in [4.78, 5) is 14.3. The topological polar surface area (TPSA) is 79.2 Å². The number of amides is 1. The van der Waals surface area contributed by atoms with Crippen molar-refractivity contribution in [2.45, 2.75) is 93.5 Å². The monoisotopic (exact) mass is 618 g/mol. The van der Waals surface area contributed by atoms with Gasteiger partial charge in [-0.1, -0.05) is 48.5 Å². The molecule has 2 aliphatic carbocycles. The molecule has 2 saturated heterocycles. The van der Waals surface area contributed by atoms with Crippen molar-refractivity contribution in [1.82, 2.24) is 10.6 Å². The summed E-state index contributed by atoms with van der Waals surface area (Å²) in [6.45, 7) is 2.37. The van der Waals surface area contributed by atoms with Crippen LogP contribution >= 0.6 is 11.3 Å². The molecule has 5 nitrogen and oxygen atoms in total. The smallest absolute Gasteiger partial charge is 0.265 e. The third kappa shape index (κ3) is 5.39. The van der Waals surface area contributed by atoms with Crippen LogP contribution in [0.4, 0.5) is 11.4 Å². The summed E-state index contributed by atoms with van der Waals surface area (Å²) >= 11 is 1.61. The van der Waals surface area contributed by atoms with Gasteiger partial charge in [-0.2, -0.15) is 0 Å². The van der Waals surface area contributed by atoms with Crippen LogP contribution in [0.15, 0.2) is 72.8 Å². The van der Waals surface area contributed by atoms with Gasteiger partial charge in [0.05, 0.1) is 16.3 Å². The number of thiophene rings is 1. The van der Waals surface area contributed by atoms with Gasteiger partial charge in [-0.05, 0) is 148 Å². The molecule has 4 aliphatic rings. The molecule has 0 unspecified atom stereocenters. The van der Waals surface area contributed by atoms with Gasteiger partial charge in [0, 0.05) is 15.8 Å². The van der Waals surface area contributed by atoms with E-state index in [2.05, 4.69) is 52.3 Å². The van der Waals surface area contributed by atoms with Gasteiger partial charge in [0.25, 0.3) is 5.91 Å². The number of rotatable bonds is 5. The fraction of sp³-hybridized carbons (Fsp3) is 0.462. The van der Waals surface area contributed by atoms with Crippen LogP contribution in [0.1, 0.15) is 92.3 Å². The number of hydrogen-bond acceptors (Lipinski definition) is 5. The highest BCUT2D eigenvalue weighted by Crippen LogP contribution is 2.55. The van der Waals surface area contributed by atoms with E-state index >= 15 is 0 Å². The lowest BCUT2D eigenvalue weighted by molar-refractivity contribution is 0.0794. The zero-order valence-electron chi connectivity index (χ0n) is 26.3. The van der Waals surface area contributed by atoms with Crippen LogP contribution < -0.4 is 21.7 Å². The van der Waals surface area contributed by atoms with Crippen LogP contribution in [0.2, 0.25) is 0 Å². The van der Waals surface area contributed by atoms with Crippen molar-refractivity contribution in [3.8, 4) is 11.1 Å². The fourth-order valence-corrected chi connectivity index (χ4v) is 10.5. The number of nitrogens with one attached hydrogen (secondary N) is 3. The van der Waals surface area contributed by atoms with Gasteiger partial charge in [-0.25, -0.2) is 0 Å². The van der Waals surface area contributed by atoms with E-state index < -0.39 is 0 Å². The molecular weight excluding hydrogens is 573 g/mol. The highest BCUT2D eigenvalue weighted by molar-refractivity contribution is 7.20. The van der Waals surface area contributed by atoms with E-state index in [4.69, 9.17) is 5.73 Å². The van der Waals surface area contributed by atoms with Crippen LogP contribution in [0.5, 0.6) is 0 Å². The second-order valence-electron chi connectivity index (χ2n) is 14.5. The lowest BCUT2D eigenvalue weighted by Crippen LogP contribution is -2.52. The van der Waals surface area contributed by atoms with Crippen LogP contribution in [-0.2, 0) is 5.41 Å². The summed E-state index contributed by atoms with van der Waals surface area (Å²) in [6.07, 6.45) is 15.7. The Labute approximate surface area is 271 Å². The van der Waals surface area contributed by atoms with E-state index in [1.54, 1.807) is 11.3 Å². The zero-order valence-corrected chi connectivity index (χ0v) is 27.1. The first-order valence-electron chi connectivity index (χ1n) is 17.3. The molecule has 2 saturated carbocycles. The van der Waals surface area contributed by atoms with Crippen molar-refractivity contribution in [3.63, 3.8) is 0 Å². The first-order chi connectivity index (χ1) is 21.9. The molecule has 2 aliphatic heterocycles. The van der Waals surface area contributed by atoms with Crippen LogP contribution in [0, 0.1) is 5.92 Å². The molecule has 5 N–H and O–H groups in total. The Morgan fingerprint density at radius 2 is 1.47 bits per heavy atom. The number of nitrogens with two attached hydrogens (primary N) is 1. The predicted octanol–water partition coefficient (Wildman–Crippen LogP) is 8.65. The Kier molecular flexibility index (Phi) is 7.51. The normalized spacial score (nSPS) is 29.9. The van der Waals surface area contributed by atoms with E-state index in [1.807, 2.05) is 36.4 Å². The summed E-state index contributed by atoms with van der Waals surface area (Å²) in [5, 5.41) is 12.1. The Morgan fingerprint density at radius 3 is 2.16 bits per heavy atom. The van der Waals surface area contributed by atoms with E-state index in [9.17, 15) is 4.79 Å². The molecule has 8 rings (SSSR count). The van der Waals surface area contributed by atoms with Gasteiger partial charge in [-0.15, -0.1) is 11.3 Å². The van der Waals surface area contributed by atoms with Gasteiger partial charge in [0.1, 0.15) is 0 Å². The number of anilines is 2.